The highest BCUT2D eigenvalue weighted by Gasteiger charge is 2.51. The molecular weight excluding hydrogens is 396 g/mol. The zero-order valence-corrected chi connectivity index (χ0v) is 17.4. The molecule has 2 rings (SSSR count). The first-order chi connectivity index (χ1) is 13.7. The molecule has 0 aliphatic carbocycles. The fourth-order valence-corrected chi connectivity index (χ4v) is 4.57. The van der Waals surface area contributed by atoms with E-state index >= 15 is 0 Å². The highest BCUT2D eigenvalue weighted by molar-refractivity contribution is 7.93. The number of nitrogens with zero attached hydrogens (tertiary/aromatic N) is 1. The number of rotatable bonds is 8. The van der Waals surface area contributed by atoms with Crippen LogP contribution >= 0.6 is 0 Å². The van der Waals surface area contributed by atoms with E-state index in [0.29, 0.717) is 11.3 Å². The zero-order valence-electron chi connectivity index (χ0n) is 16.6. The summed E-state index contributed by atoms with van der Waals surface area (Å²) < 4.78 is 29.9. The van der Waals surface area contributed by atoms with E-state index in [0.717, 1.165) is 5.57 Å². The van der Waals surface area contributed by atoms with Crippen molar-refractivity contribution in [3.8, 4) is 5.75 Å². The maximum absolute atomic E-state index is 13.4. The average Bonchev–Trinajstić information content (AvgIpc) is 2.72. The Morgan fingerprint density at radius 2 is 1.83 bits per heavy atom. The van der Waals surface area contributed by atoms with Crippen LogP contribution in [0.1, 0.15) is 25.8 Å². The molecule has 1 aromatic carbocycles. The van der Waals surface area contributed by atoms with Crippen molar-refractivity contribution < 1.29 is 28.3 Å². The number of pyridine rings is 1. The van der Waals surface area contributed by atoms with Crippen LogP contribution in [0.2, 0.25) is 0 Å². The molecule has 0 amide bonds. The summed E-state index contributed by atoms with van der Waals surface area (Å²) >= 11 is 0. The molecule has 9 heteroatoms. The standard InChI is InChI=1S/C20H23NO5S.H3NO/c1-15(2)10-11-20(19(22)23,13-16-5-4-12-21-14-16)27(24,25)18-8-6-17(26-3)7-9-18;1-2/h4-10,12,14H,11,13H2,1-3H3,(H,22,23);2H,1H2. The van der Waals surface area contributed by atoms with E-state index in [9.17, 15) is 18.3 Å². The van der Waals surface area contributed by atoms with Crippen LogP contribution in [0.25, 0.3) is 0 Å². The monoisotopic (exact) mass is 422 g/mol. The number of ether oxygens (including phenoxy) is 1. The number of carboxylic acids is 1. The van der Waals surface area contributed by atoms with E-state index < -0.39 is 20.6 Å². The van der Waals surface area contributed by atoms with E-state index in [4.69, 9.17) is 9.94 Å². The Bertz CT molecular complexity index is 923. The second-order valence-electron chi connectivity index (χ2n) is 6.50. The molecule has 1 atom stereocenters. The Labute approximate surface area is 170 Å². The number of carbonyl (C=O) groups is 1. The van der Waals surface area contributed by atoms with Crippen LogP contribution in [-0.4, -0.2) is 41.5 Å². The summed E-state index contributed by atoms with van der Waals surface area (Å²) in [4.78, 5) is 16.3. The zero-order chi connectivity index (χ0) is 22.1. The lowest BCUT2D eigenvalue weighted by Gasteiger charge is -2.28. The van der Waals surface area contributed by atoms with Crippen LogP contribution in [0.5, 0.6) is 5.75 Å². The van der Waals surface area contributed by atoms with E-state index in [2.05, 4.69) is 10.9 Å². The third-order valence-electron chi connectivity index (χ3n) is 4.33. The number of methoxy groups -OCH3 is 1. The summed E-state index contributed by atoms with van der Waals surface area (Å²) in [5.41, 5.74) is 1.39. The minimum absolute atomic E-state index is 0.0586. The van der Waals surface area contributed by atoms with Crippen molar-refractivity contribution in [1.29, 1.82) is 0 Å². The van der Waals surface area contributed by atoms with Gasteiger partial charge in [0, 0.05) is 18.8 Å². The van der Waals surface area contributed by atoms with Gasteiger partial charge in [-0.2, -0.15) is 0 Å². The molecule has 0 bridgehead atoms. The number of sulfone groups is 1. The fourth-order valence-electron chi connectivity index (χ4n) is 2.74. The molecule has 0 saturated carbocycles. The van der Waals surface area contributed by atoms with Crippen LogP contribution in [0.4, 0.5) is 0 Å². The molecule has 0 fully saturated rings. The normalized spacial score (nSPS) is 12.7. The third-order valence-corrected chi connectivity index (χ3v) is 6.73. The van der Waals surface area contributed by atoms with Crippen molar-refractivity contribution in [3.63, 3.8) is 0 Å². The summed E-state index contributed by atoms with van der Waals surface area (Å²) in [5, 5.41) is 16.5. The van der Waals surface area contributed by atoms with Crippen LogP contribution in [0.15, 0.2) is 65.3 Å². The van der Waals surface area contributed by atoms with Gasteiger partial charge in [-0.05, 0) is 56.2 Å². The Morgan fingerprint density at radius 3 is 2.28 bits per heavy atom. The predicted molar refractivity (Wildman–Crippen MR) is 109 cm³/mol. The van der Waals surface area contributed by atoms with Gasteiger partial charge in [0.05, 0.1) is 12.0 Å². The summed E-state index contributed by atoms with van der Waals surface area (Å²) in [6.07, 6.45) is 4.36. The summed E-state index contributed by atoms with van der Waals surface area (Å²) in [7, 11) is -2.73. The largest absolute Gasteiger partial charge is 0.497 e. The predicted octanol–water partition coefficient (Wildman–Crippen LogP) is 2.62. The van der Waals surface area contributed by atoms with Crippen molar-refractivity contribution in [2.45, 2.75) is 36.3 Å². The van der Waals surface area contributed by atoms with Gasteiger partial charge < -0.3 is 15.1 Å². The lowest BCUT2D eigenvalue weighted by molar-refractivity contribution is -0.140. The molecule has 0 spiro atoms. The molecule has 1 aromatic heterocycles. The third kappa shape index (κ3) is 5.63. The Balaban J connectivity index is 0.00000204. The van der Waals surface area contributed by atoms with Gasteiger partial charge in [0.2, 0.25) is 0 Å². The van der Waals surface area contributed by atoms with E-state index in [1.165, 1.54) is 37.6 Å². The Hall–Kier alpha value is -2.75. The molecule has 1 unspecified atom stereocenters. The highest BCUT2D eigenvalue weighted by atomic mass is 32.2. The fraction of sp³-hybridized carbons (Fsp3) is 0.300. The van der Waals surface area contributed by atoms with Gasteiger partial charge >= 0.3 is 5.97 Å². The minimum Gasteiger partial charge on any atom is -0.497 e. The average molecular weight is 423 g/mol. The van der Waals surface area contributed by atoms with Crippen LogP contribution in [0.3, 0.4) is 0 Å². The van der Waals surface area contributed by atoms with Gasteiger partial charge in [0.25, 0.3) is 0 Å². The van der Waals surface area contributed by atoms with Crippen molar-refractivity contribution in [2.75, 3.05) is 7.11 Å². The number of aromatic nitrogens is 1. The molecule has 0 aliphatic heterocycles. The summed E-state index contributed by atoms with van der Waals surface area (Å²) in [6.45, 7) is 3.60. The maximum atomic E-state index is 13.4. The number of hydrogen-bond acceptors (Lipinski definition) is 7. The van der Waals surface area contributed by atoms with Gasteiger partial charge in [0.15, 0.2) is 14.6 Å². The SMILES string of the molecule is COc1ccc(S(=O)(=O)C(CC=C(C)C)(Cc2cccnc2)C(=O)O)cc1.NO. The lowest BCUT2D eigenvalue weighted by atomic mass is 9.95. The van der Waals surface area contributed by atoms with Crippen molar-refractivity contribution >= 4 is 15.8 Å². The molecule has 4 N–H and O–H groups in total. The summed E-state index contributed by atoms with van der Waals surface area (Å²) in [6, 6.07) is 9.09. The molecule has 0 saturated heterocycles. The molecule has 158 valence electrons. The first kappa shape index (κ1) is 24.3. The van der Waals surface area contributed by atoms with Gasteiger partial charge in [-0.3, -0.25) is 9.78 Å². The molecule has 0 aliphatic rings. The number of benzene rings is 1. The van der Waals surface area contributed by atoms with Gasteiger partial charge in [0.1, 0.15) is 5.75 Å². The molecule has 29 heavy (non-hydrogen) atoms. The number of hydrogen-bond donors (Lipinski definition) is 3. The molecular formula is C20H26N2O6S. The highest BCUT2D eigenvalue weighted by Crippen LogP contribution is 2.34. The minimum atomic E-state index is -4.21. The van der Waals surface area contributed by atoms with E-state index in [-0.39, 0.29) is 17.7 Å². The lowest BCUT2D eigenvalue weighted by Crippen LogP contribution is -2.48. The van der Waals surface area contributed by atoms with Gasteiger partial charge in [-0.15, -0.1) is 0 Å². The topological polar surface area (TPSA) is 140 Å². The summed E-state index contributed by atoms with van der Waals surface area (Å²) in [5.74, 6) is 2.60. The second kappa shape index (κ2) is 10.7. The van der Waals surface area contributed by atoms with E-state index in [1.807, 2.05) is 0 Å². The molecule has 1 heterocycles. The van der Waals surface area contributed by atoms with Crippen LogP contribution < -0.4 is 10.6 Å². The second-order valence-corrected chi connectivity index (χ2v) is 8.76. The van der Waals surface area contributed by atoms with Gasteiger partial charge in [-0.1, -0.05) is 17.7 Å². The van der Waals surface area contributed by atoms with Crippen molar-refractivity contribution in [2.24, 2.45) is 5.90 Å². The first-order valence-electron chi connectivity index (χ1n) is 8.63. The molecule has 8 nitrogen and oxygen atoms in total. The number of nitrogens with two attached hydrogens (primary N) is 1. The van der Waals surface area contributed by atoms with Crippen molar-refractivity contribution in [1.82, 2.24) is 4.98 Å². The first-order valence-corrected chi connectivity index (χ1v) is 10.1. The molecule has 2 aromatic rings. The Morgan fingerprint density at radius 1 is 1.21 bits per heavy atom. The Kier molecular flexibility index (Phi) is 8.96. The quantitative estimate of drug-likeness (QED) is 0.436. The van der Waals surface area contributed by atoms with E-state index in [1.54, 1.807) is 38.3 Å². The smallest absolute Gasteiger partial charge is 0.326 e. The van der Waals surface area contributed by atoms with Crippen LogP contribution in [0, 0.1) is 0 Å². The number of aliphatic carboxylic acids is 1. The number of allylic oxidation sites excluding steroid dienone is 2. The van der Waals surface area contributed by atoms with Gasteiger partial charge in [-0.25, -0.2) is 14.3 Å². The maximum Gasteiger partial charge on any atom is 0.326 e. The number of carboxylic acid groups (broad SMARTS) is 1. The van der Waals surface area contributed by atoms with Crippen molar-refractivity contribution in [3.05, 3.63) is 66.0 Å². The molecule has 0 radical (unpaired) electrons. The van der Waals surface area contributed by atoms with Crippen LogP contribution in [-0.2, 0) is 21.1 Å².